The third-order valence-electron chi connectivity index (χ3n) is 7.55. The van der Waals surface area contributed by atoms with Gasteiger partial charge in [0.25, 0.3) is 0 Å². The summed E-state index contributed by atoms with van der Waals surface area (Å²) in [6.45, 7) is 2.53. The Bertz CT molecular complexity index is 1090. The Morgan fingerprint density at radius 1 is 1.05 bits per heavy atom. The fourth-order valence-electron chi connectivity index (χ4n) is 4.84. The van der Waals surface area contributed by atoms with E-state index in [1.165, 1.54) is 25.9 Å². The molecule has 5 rings (SSSR count). The van der Waals surface area contributed by atoms with E-state index < -0.39 is 11.7 Å². The van der Waals surface area contributed by atoms with Gasteiger partial charge in [0.05, 0.1) is 12.1 Å². The summed E-state index contributed by atoms with van der Waals surface area (Å²) in [7, 11) is 6.55. The maximum absolute atomic E-state index is 13.5. The molecule has 2 heterocycles. The number of carbonyl (C=O) groups excluding carboxylic acids is 1. The molecule has 0 bridgehead atoms. The summed E-state index contributed by atoms with van der Waals surface area (Å²) < 4.78 is 40.5. The monoisotopic (exact) mass is 563 g/mol. The smallest absolute Gasteiger partial charge is 0.364 e. The molecule has 0 spiro atoms. The van der Waals surface area contributed by atoms with Crippen LogP contribution in [0.2, 0.25) is 0 Å². The first-order valence-corrected chi connectivity index (χ1v) is 13.9. The van der Waals surface area contributed by atoms with Crippen LogP contribution < -0.4 is 16.1 Å². The van der Waals surface area contributed by atoms with Gasteiger partial charge in [-0.05, 0) is 103 Å². The minimum atomic E-state index is -4.59. The van der Waals surface area contributed by atoms with Crippen LogP contribution >= 0.6 is 0 Å². The van der Waals surface area contributed by atoms with Gasteiger partial charge in [-0.15, -0.1) is 0 Å². The molecule has 2 atom stereocenters. The van der Waals surface area contributed by atoms with Gasteiger partial charge in [0.2, 0.25) is 5.95 Å². The molecule has 40 heavy (non-hydrogen) atoms. The van der Waals surface area contributed by atoms with Gasteiger partial charge in [0.1, 0.15) is 17.7 Å². The van der Waals surface area contributed by atoms with E-state index in [9.17, 15) is 18.0 Å². The van der Waals surface area contributed by atoms with Gasteiger partial charge in [-0.3, -0.25) is 9.63 Å². The van der Waals surface area contributed by atoms with Gasteiger partial charge in [-0.2, -0.15) is 23.6 Å². The zero-order chi connectivity index (χ0) is 28.7. The zero-order valence-corrected chi connectivity index (χ0v) is 23.4. The molecule has 0 amide bonds. The van der Waals surface area contributed by atoms with Crippen LogP contribution in [0.25, 0.3) is 0 Å². The first-order chi connectivity index (χ1) is 19.1. The second-order valence-electron chi connectivity index (χ2n) is 11.0. The lowest BCUT2D eigenvalue weighted by Crippen LogP contribution is -2.40. The predicted molar refractivity (Wildman–Crippen MR) is 149 cm³/mol. The maximum atomic E-state index is 13.5. The van der Waals surface area contributed by atoms with Crippen LogP contribution in [0.3, 0.4) is 0 Å². The van der Waals surface area contributed by atoms with Gasteiger partial charge in [0, 0.05) is 29.5 Å². The Balaban J connectivity index is 0.000000312. The minimum absolute atomic E-state index is 0.0240. The normalized spacial score (nSPS) is 22.1. The second-order valence-corrected chi connectivity index (χ2v) is 11.0. The van der Waals surface area contributed by atoms with Crippen LogP contribution in [0.15, 0.2) is 30.5 Å². The fourth-order valence-corrected chi connectivity index (χ4v) is 4.84. The highest BCUT2D eigenvalue weighted by Crippen LogP contribution is 2.36. The van der Waals surface area contributed by atoms with Crippen molar-refractivity contribution in [2.45, 2.75) is 75.4 Å². The van der Waals surface area contributed by atoms with E-state index >= 15 is 0 Å². The Morgan fingerprint density at radius 2 is 1.75 bits per heavy atom. The summed E-state index contributed by atoms with van der Waals surface area (Å²) >= 11 is 0. The standard InChI is InChI=1S/C20H22F3N5O2.C8H18N2/c21-20(22,23)15-10-24-19(25-13-6-4-12(11-29)5-7-13)27-18(15)26-16-2-1-3-17(16)30-28-14-8-9-14;1-9(2)8-4-6-10(3)7-5-8/h4-7,10-11,14,16-17,28H,1-3,8-9H2,(H2,24,25,26,27);8H,4-7H2,1-3H3. The molecular weight excluding hydrogens is 523 g/mol. The molecule has 2 aromatic rings. The van der Waals surface area contributed by atoms with Crippen molar-refractivity contribution in [3.8, 4) is 0 Å². The highest BCUT2D eigenvalue weighted by Gasteiger charge is 2.38. The Hall–Kier alpha value is -2.80. The molecule has 1 aromatic carbocycles. The number of aldehydes is 1. The number of piperidine rings is 1. The van der Waals surface area contributed by atoms with Gasteiger partial charge >= 0.3 is 6.18 Å². The third-order valence-corrected chi connectivity index (χ3v) is 7.55. The van der Waals surface area contributed by atoms with Crippen molar-refractivity contribution >= 4 is 23.7 Å². The number of hydrogen-bond acceptors (Lipinski definition) is 9. The molecule has 2 unspecified atom stereocenters. The first kappa shape index (κ1) is 30.2. The molecule has 3 fully saturated rings. The SMILES string of the molecule is CN1CCC(N(C)C)CC1.O=Cc1ccc(Nc2ncc(C(F)(F)F)c(NC3CCCC3ONC3CC3)n2)cc1. The maximum Gasteiger partial charge on any atom is 0.421 e. The summed E-state index contributed by atoms with van der Waals surface area (Å²) in [5, 5.41) is 5.80. The first-order valence-electron chi connectivity index (χ1n) is 13.9. The molecule has 1 saturated heterocycles. The van der Waals surface area contributed by atoms with Crippen molar-refractivity contribution in [2.75, 3.05) is 44.9 Å². The van der Waals surface area contributed by atoms with Gasteiger partial charge in [-0.1, -0.05) is 0 Å². The van der Waals surface area contributed by atoms with E-state index in [0.29, 0.717) is 30.0 Å². The van der Waals surface area contributed by atoms with Crippen LogP contribution in [-0.2, 0) is 11.0 Å². The number of benzene rings is 1. The molecule has 0 radical (unpaired) electrons. The molecule has 9 nitrogen and oxygen atoms in total. The number of alkyl halides is 3. The van der Waals surface area contributed by atoms with Crippen LogP contribution in [0.4, 0.5) is 30.6 Å². The number of rotatable bonds is 9. The average molecular weight is 564 g/mol. The van der Waals surface area contributed by atoms with E-state index in [4.69, 9.17) is 4.84 Å². The van der Waals surface area contributed by atoms with E-state index in [1.54, 1.807) is 24.3 Å². The minimum Gasteiger partial charge on any atom is -0.364 e. The van der Waals surface area contributed by atoms with Crippen molar-refractivity contribution in [3.63, 3.8) is 0 Å². The Morgan fingerprint density at radius 3 is 2.35 bits per heavy atom. The van der Waals surface area contributed by atoms with E-state index in [2.05, 4.69) is 57.0 Å². The van der Waals surface area contributed by atoms with Gasteiger partial charge in [-0.25, -0.2) is 4.98 Å². The Kier molecular flexibility index (Phi) is 10.3. The molecule has 1 aliphatic heterocycles. The lowest BCUT2D eigenvalue weighted by Gasteiger charge is -2.32. The van der Waals surface area contributed by atoms with Crippen molar-refractivity contribution in [2.24, 2.45) is 0 Å². The topological polar surface area (TPSA) is 94.7 Å². The fraction of sp³-hybridized carbons (Fsp3) is 0.607. The molecule has 12 heteroatoms. The highest BCUT2D eigenvalue weighted by atomic mass is 19.4. The summed E-state index contributed by atoms with van der Waals surface area (Å²) in [6.07, 6.45) is 3.75. The van der Waals surface area contributed by atoms with E-state index in [1.807, 2.05) is 0 Å². The molecule has 2 aliphatic carbocycles. The van der Waals surface area contributed by atoms with E-state index in [-0.39, 0.29) is 23.9 Å². The van der Waals surface area contributed by atoms with Crippen molar-refractivity contribution in [1.82, 2.24) is 25.2 Å². The van der Waals surface area contributed by atoms with Crippen LogP contribution in [-0.4, -0.2) is 84.5 Å². The largest absolute Gasteiger partial charge is 0.421 e. The number of hydrogen-bond donors (Lipinski definition) is 3. The van der Waals surface area contributed by atoms with Crippen molar-refractivity contribution < 1.29 is 22.8 Å². The summed E-state index contributed by atoms with van der Waals surface area (Å²) in [4.78, 5) is 29.1. The highest BCUT2D eigenvalue weighted by molar-refractivity contribution is 5.76. The molecule has 3 aliphatic rings. The van der Waals surface area contributed by atoms with Crippen LogP contribution in [0.1, 0.15) is 60.9 Å². The number of likely N-dealkylation sites (tertiary alicyclic amines) is 1. The quantitative estimate of drug-likeness (QED) is 0.296. The second kappa shape index (κ2) is 13.7. The zero-order valence-electron chi connectivity index (χ0n) is 23.4. The summed E-state index contributed by atoms with van der Waals surface area (Å²) in [6, 6.07) is 7.32. The van der Waals surface area contributed by atoms with Crippen molar-refractivity contribution in [3.05, 3.63) is 41.6 Å². The summed E-state index contributed by atoms with van der Waals surface area (Å²) in [5.41, 5.74) is 3.10. The predicted octanol–water partition coefficient (Wildman–Crippen LogP) is 4.71. The Labute approximate surface area is 233 Å². The van der Waals surface area contributed by atoms with Gasteiger partial charge < -0.3 is 20.4 Å². The van der Waals surface area contributed by atoms with E-state index in [0.717, 1.165) is 37.9 Å². The third kappa shape index (κ3) is 8.85. The molecule has 1 aromatic heterocycles. The number of hydroxylamine groups is 1. The van der Waals surface area contributed by atoms with Gasteiger partial charge in [0.15, 0.2) is 0 Å². The number of aromatic nitrogens is 2. The van der Waals surface area contributed by atoms with Crippen LogP contribution in [0, 0.1) is 0 Å². The van der Waals surface area contributed by atoms with Crippen LogP contribution in [0.5, 0.6) is 0 Å². The lowest BCUT2D eigenvalue weighted by molar-refractivity contribution is -0.137. The number of nitrogens with zero attached hydrogens (tertiary/aromatic N) is 4. The summed E-state index contributed by atoms with van der Waals surface area (Å²) in [5.74, 6) is -0.257. The number of carbonyl (C=O) groups is 1. The molecular formula is C28H40F3N7O2. The number of halogens is 3. The molecule has 2 saturated carbocycles. The van der Waals surface area contributed by atoms with Crippen molar-refractivity contribution in [1.29, 1.82) is 0 Å². The number of nitrogens with one attached hydrogen (secondary N) is 3. The molecule has 3 N–H and O–H groups in total. The molecule has 220 valence electrons. The lowest BCUT2D eigenvalue weighted by atomic mass is 10.1. The average Bonchev–Trinajstić information content (AvgIpc) is 3.65. The number of anilines is 3.